The summed E-state index contributed by atoms with van der Waals surface area (Å²) in [5.41, 5.74) is -4.46. The van der Waals surface area contributed by atoms with Crippen molar-refractivity contribution in [2.75, 3.05) is 0 Å². The molecule has 1 aromatic rings. The first-order valence-corrected chi connectivity index (χ1v) is 17.3. The second-order valence-corrected chi connectivity index (χ2v) is 23.2. The molecule has 0 aliphatic rings. The van der Waals surface area contributed by atoms with Crippen molar-refractivity contribution < 1.29 is 5.11 Å². The van der Waals surface area contributed by atoms with Gasteiger partial charge in [-0.05, 0) is 48.2 Å². The van der Waals surface area contributed by atoms with Crippen LogP contribution in [0.2, 0.25) is 0 Å². The maximum absolute atomic E-state index is 13.7. The Balaban J connectivity index is 4.66. The predicted molar refractivity (Wildman–Crippen MR) is 184 cm³/mol. The highest BCUT2D eigenvalue weighted by Gasteiger charge is 2.67. The molecule has 0 fully saturated rings. The Morgan fingerprint density at radius 2 is 0.650 bits per heavy atom. The van der Waals surface area contributed by atoms with Gasteiger partial charge in [0.1, 0.15) is 5.60 Å². The van der Waals surface area contributed by atoms with Gasteiger partial charge in [0.2, 0.25) is 24.4 Å². The van der Waals surface area contributed by atoms with Gasteiger partial charge in [-0.15, -0.1) is 0 Å². The largest absolute Gasteiger partial charge is 0.226 e. The normalized spacial score (nSPS) is 16.0. The van der Waals surface area contributed by atoms with Crippen molar-refractivity contribution in [2.45, 2.75) is 56.8 Å². The van der Waals surface area contributed by atoms with E-state index in [9.17, 15) is 5.11 Å². The van der Waals surface area contributed by atoms with Crippen molar-refractivity contribution >= 4 is 244 Å². The first kappa shape index (κ1) is 43.3. The van der Waals surface area contributed by atoms with Crippen LogP contribution in [0.4, 0.5) is 0 Å². The molecule has 1 rings (SSSR count). The lowest BCUT2D eigenvalue weighted by atomic mass is 9.82. The second kappa shape index (κ2) is 13.2. The minimum Gasteiger partial charge on any atom is -0.225 e. The molecule has 0 aliphatic carbocycles. The van der Waals surface area contributed by atoms with E-state index in [-0.39, 0.29) is 0 Å². The van der Waals surface area contributed by atoms with Gasteiger partial charge in [0.25, 0.3) is 0 Å². The average Bonchev–Trinajstić information content (AvgIpc) is 2.69. The standard InChI is InChI=1S/C18H8Cl21O/c1-9(2,40)8-6(11(21,22)14(27,28)17(34,35)36)3-5(10(19,20)13(25,26)16(31,32)33)4-7(8)12(23,24)15(29,30)18(37,38)39/h3-4H,1-2H3. The smallest absolute Gasteiger partial charge is 0.225 e. The van der Waals surface area contributed by atoms with Crippen LogP contribution in [0.3, 0.4) is 0 Å². The summed E-state index contributed by atoms with van der Waals surface area (Å²) in [5.74, 6) is 0. The monoisotopic (exact) mass is 974 g/mol. The molecule has 40 heavy (non-hydrogen) atoms. The van der Waals surface area contributed by atoms with Gasteiger partial charge in [-0.3, -0.25) is 0 Å². The highest BCUT2D eigenvalue weighted by atomic mass is 35.6. The van der Waals surface area contributed by atoms with Gasteiger partial charge in [0, 0.05) is 0 Å². The molecule has 0 spiro atoms. The number of alkyl halides is 21. The predicted octanol–water partition coefficient (Wildman–Crippen LogP) is 14.9. The van der Waals surface area contributed by atoms with Crippen LogP contribution in [0.15, 0.2) is 12.1 Å². The molecule has 0 saturated carbocycles. The van der Waals surface area contributed by atoms with Crippen molar-refractivity contribution in [3.63, 3.8) is 0 Å². The van der Waals surface area contributed by atoms with Gasteiger partial charge < -0.3 is 0 Å². The molecular formula is C18H8Cl21O. The number of hydrogen-bond donors (Lipinski definition) is 0. The average molecular weight is 985 g/mol. The quantitative estimate of drug-likeness (QED) is 0.243. The summed E-state index contributed by atoms with van der Waals surface area (Å²) in [6.07, 6.45) is 0. The Morgan fingerprint density at radius 3 is 0.850 bits per heavy atom. The Kier molecular flexibility index (Phi) is 14.3. The first-order valence-electron chi connectivity index (χ1n) is 9.33. The minimum absolute atomic E-state index is 0.469. The maximum atomic E-state index is 13.7. The molecule has 0 bridgehead atoms. The minimum atomic E-state index is -2.78. The number of rotatable bonds is 7. The van der Waals surface area contributed by atoms with E-state index in [1.54, 1.807) is 0 Å². The van der Waals surface area contributed by atoms with Crippen LogP contribution in [0.5, 0.6) is 0 Å². The second-order valence-electron chi connectivity index (χ2n) is 8.40. The van der Waals surface area contributed by atoms with E-state index in [1.807, 2.05) is 0 Å². The molecule has 0 unspecified atom stereocenters. The van der Waals surface area contributed by atoms with Gasteiger partial charge in [-0.1, -0.05) is 244 Å². The topological polar surface area (TPSA) is 19.9 Å². The zero-order valence-corrected chi connectivity index (χ0v) is 34.4. The Labute approximate surface area is 335 Å². The molecule has 0 N–H and O–H groups in total. The molecule has 0 saturated heterocycles. The Hall–Kier alpha value is 5.27. The summed E-state index contributed by atoms with van der Waals surface area (Å²) in [6.45, 7) is 2.20. The van der Waals surface area contributed by atoms with Crippen molar-refractivity contribution in [1.82, 2.24) is 0 Å². The molecule has 1 nitrogen and oxygen atoms in total. The molecule has 0 aromatic heterocycles. The summed E-state index contributed by atoms with van der Waals surface area (Å²) >= 11 is 131. The summed E-state index contributed by atoms with van der Waals surface area (Å²) in [7, 11) is 0. The SMILES string of the molecule is CC(C)([O])c1c(C(Cl)(Cl)C(Cl)(Cl)C(Cl)(Cl)Cl)cc(C(Cl)(Cl)C(Cl)(Cl)C(Cl)(Cl)Cl)cc1C(Cl)(Cl)C(Cl)(Cl)C(Cl)(Cl)Cl. The molecule has 0 atom stereocenters. The molecule has 1 aromatic carbocycles. The molecule has 1 radical (unpaired) electrons. The van der Waals surface area contributed by atoms with Crippen LogP contribution >= 0.6 is 244 Å². The van der Waals surface area contributed by atoms with Crippen molar-refractivity contribution in [3.05, 3.63) is 34.4 Å². The third-order valence-electron chi connectivity index (χ3n) is 5.03. The van der Waals surface area contributed by atoms with E-state index >= 15 is 0 Å². The van der Waals surface area contributed by atoms with Crippen LogP contribution in [0, 0.1) is 0 Å². The lowest BCUT2D eigenvalue weighted by Gasteiger charge is -2.45. The summed E-state index contributed by atoms with van der Waals surface area (Å²) in [6, 6.07) is 1.88. The van der Waals surface area contributed by atoms with Crippen molar-refractivity contribution in [2.24, 2.45) is 0 Å². The Morgan fingerprint density at radius 1 is 0.425 bits per heavy atom. The van der Waals surface area contributed by atoms with Crippen molar-refractivity contribution in [3.8, 4) is 0 Å². The lowest BCUT2D eigenvalue weighted by molar-refractivity contribution is -0.00209. The highest BCUT2D eigenvalue weighted by molar-refractivity contribution is 6.80. The summed E-state index contributed by atoms with van der Waals surface area (Å²) in [5, 5.41) is 13.7. The molecule has 233 valence electrons. The Bertz CT molecular complexity index is 1040. The van der Waals surface area contributed by atoms with E-state index < -0.39 is 65.2 Å². The van der Waals surface area contributed by atoms with Crippen LogP contribution in [0.25, 0.3) is 0 Å². The fraction of sp³-hybridized carbons (Fsp3) is 0.667. The fourth-order valence-corrected chi connectivity index (χ4v) is 7.46. The van der Waals surface area contributed by atoms with E-state index in [2.05, 4.69) is 0 Å². The third-order valence-corrected chi connectivity index (χ3v) is 16.8. The third kappa shape index (κ3) is 7.85. The molecular weight excluding hydrogens is 977 g/mol. The number of benzene rings is 1. The van der Waals surface area contributed by atoms with Crippen LogP contribution in [-0.4, -0.2) is 24.4 Å². The van der Waals surface area contributed by atoms with E-state index in [4.69, 9.17) is 244 Å². The van der Waals surface area contributed by atoms with E-state index in [0.717, 1.165) is 26.0 Å². The fourth-order valence-electron chi connectivity index (χ4n) is 3.02. The first-order chi connectivity index (χ1) is 17.0. The molecule has 0 heterocycles. The van der Waals surface area contributed by atoms with Crippen molar-refractivity contribution in [1.29, 1.82) is 0 Å². The summed E-state index contributed by atoms with van der Waals surface area (Å²) < 4.78 is -24.3. The van der Waals surface area contributed by atoms with Crippen LogP contribution < -0.4 is 0 Å². The lowest BCUT2D eigenvalue weighted by Crippen LogP contribution is -2.49. The van der Waals surface area contributed by atoms with Gasteiger partial charge in [-0.25, -0.2) is 5.11 Å². The molecule has 22 heteroatoms. The zero-order chi connectivity index (χ0) is 32.7. The maximum Gasteiger partial charge on any atom is 0.226 e. The van der Waals surface area contributed by atoms with Crippen LogP contribution in [-0.2, 0) is 23.7 Å². The van der Waals surface area contributed by atoms with E-state index in [1.165, 1.54) is 0 Å². The van der Waals surface area contributed by atoms with E-state index in [0.29, 0.717) is 0 Å². The summed E-state index contributed by atoms with van der Waals surface area (Å²) in [4.78, 5) is 0. The zero-order valence-electron chi connectivity index (χ0n) is 18.5. The van der Waals surface area contributed by atoms with Gasteiger partial charge in [-0.2, -0.15) is 0 Å². The van der Waals surface area contributed by atoms with Gasteiger partial charge >= 0.3 is 0 Å². The van der Waals surface area contributed by atoms with Crippen LogP contribution in [0.1, 0.15) is 36.1 Å². The molecule has 0 amide bonds. The number of hydrogen-bond acceptors (Lipinski definition) is 0. The highest BCUT2D eigenvalue weighted by Crippen LogP contribution is 2.67. The van der Waals surface area contributed by atoms with Gasteiger partial charge in [0.05, 0.1) is 0 Å². The number of halogens is 21. The molecule has 0 aliphatic heterocycles. The van der Waals surface area contributed by atoms with Gasteiger partial charge in [0.15, 0.2) is 13.0 Å².